The van der Waals surface area contributed by atoms with Crippen molar-refractivity contribution < 1.29 is 5.11 Å². The minimum atomic E-state index is -0.238. The molecule has 48 valence electrons. The Hall–Kier alpha value is 0.400. The van der Waals surface area contributed by atoms with E-state index < -0.39 is 0 Å². The van der Waals surface area contributed by atoms with Crippen LogP contribution in [0.25, 0.3) is 0 Å². The molecule has 3 heteroatoms. The van der Waals surface area contributed by atoms with E-state index in [0.717, 1.165) is 9.95 Å². The summed E-state index contributed by atoms with van der Waals surface area (Å²) in [5.41, 5.74) is 0. The Morgan fingerprint density at radius 3 is 2.50 bits per heavy atom. The molecule has 1 atom stereocenters. The lowest BCUT2D eigenvalue weighted by atomic mass is 10.5. The molecule has 0 aliphatic carbocycles. The predicted molar refractivity (Wildman–Crippen MR) is 42.4 cm³/mol. The maximum atomic E-state index is 8.72. The third-order valence-corrected chi connectivity index (χ3v) is 1.94. The van der Waals surface area contributed by atoms with Gasteiger partial charge in [0.15, 0.2) is 0 Å². The van der Waals surface area contributed by atoms with Crippen LogP contribution < -0.4 is 0 Å². The number of aliphatic hydroxyl groups excluding tert-OH is 1. The molecule has 1 nitrogen and oxygen atoms in total. The van der Waals surface area contributed by atoms with E-state index in [1.165, 1.54) is 11.8 Å². The molecular formula is C5H10OS2. The van der Waals surface area contributed by atoms with Crippen LogP contribution in [0.3, 0.4) is 0 Å². The van der Waals surface area contributed by atoms with Gasteiger partial charge in [-0.05, 0) is 13.8 Å². The van der Waals surface area contributed by atoms with Crippen LogP contribution in [0.1, 0.15) is 13.8 Å². The minimum absolute atomic E-state index is 0.238. The molecule has 0 radical (unpaired) electrons. The summed E-state index contributed by atoms with van der Waals surface area (Å²) in [6.45, 7) is 3.62. The normalized spacial score (nSPS) is 13.4. The highest BCUT2D eigenvalue weighted by molar-refractivity contribution is 8.23. The zero-order valence-electron chi connectivity index (χ0n) is 5.05. The molecule has 0 aromatic carbocycles. The maximum Gasteiger partial charge on any atom is 0.0606 e. The molecule has 0 aliphatic heterocycles. The van der Waals surface area contributed by atoms with Crippen molar-refractivity contribution in [1.82, 2.24) is 0 Å². The van der Waals surface area contributed by atoms with Crippen molar-refractivity contribution in [3.05, 3.63) is 0 Å². The van der Waals surface area contributed by atoms with Crippen molar-refractivity contribution in [3.8, 4) is 0 Å². The fourth-order valence-corrected chi connectivity index (χ4v) is 0.918. The molecule has 0 aliphatic rings. The number of thioether (sulfide) groups is 1. The lowest BCUT2D eigenvalue weighted by Crippen LogP contribution is -2.03. The molecule has 0 saturated heterocycles. The SMILES string of the molecule is CC(=S)SCC(C)O. The minimum Gasteiger partial charge on any atom is -0.393 e. The summed E-state index contributed by atoms with van der Waals surface area (Å²) < 4.78 is 0.894. The van der Waals surface area contributed by atoms with Crippen molar-refractivity contribution in [1.29, 1.82) is 0 Å². The zero-order chi connectivity index (χ0) is 6.57. The average Bonchev–Trinajstić information content (AvgIpc) is 1.61. The third-order valence-electron chi connectivity index (χ3n) is 0.528. The summed E-state index contributed by atoms with van der Waals surface area (Å²) in [5, 5.41) is 8.72. The molecule has 1 unspecified atom stereocenters. The maximum absolute atomic E-state index is 8.72. The summed E-state index contributed by atoms with van der Waals surface area (Å²) >= 11 is 6.29. The standard InChI is InChI=1S/C5H10OS2/c1-4(6)3-8-5(2)7/h4,6H,3H2,1-2H3. The van der Waals surface area contributed by atoms with Crippen LogP contribution in [-0.4, -0.2) is 21.2 Å². The number of hydrogen-bond acceptors (Lipinski definition) is 3. The van der Waals surface area contributed by atoms with Crippen molar-refractivity contribution in [3.63, 3.8) is 0 Å². The Bertz CT molecular complexity index is 80.5. The van der Waals surface area contributed by atoms with Gasteiger partial charge in [0, 0.05) is 9.95 Å². The Morgan fingerprint density at radius 1 is 1.88 bits per heavy atom. The van der Waals surface area contributed by atoms with E-state index in [0.29, 0.717) is 0 Å². The van der Waals surface area contributed by atoms with Gasteiger partial charge < -0.3 is 5.11 Å². The van der Waals surface area contributed by atoms with Crippen molar-refractivity contribution in [2.45, 2.75) is 20.0 Å². The smallest absolute Gasteiger partial charge is 0.0606 e. The summed E-state index contributed by atoms with van der Waals surface area (Å²) in [6, 6.07) is 0. The number of aliphatic hydroxyl groups is 1. The third kappa shape index (κ3) is 6.40. The van der Waals surface area contributed by atoms with E-state index in [2.05, 4.69) is 0 Å². The summed E-state index contributed by atoms with van der Waals surface area (Å²) in [7, 11) is 0. The van der Waals surface area contributed by atoms with Crippen LogP contribution in [0.5, 0.6) is 0 Å². The fraction of sp³-hybridized carbons (Fsp3) is 0.800. The second-order valence-electron chi connectivity index (χ2n) is 1.65. The monoisotopic (exact) mass is 150 g/mol. The van der Waals surface area contributed by atoms with Crippen LogP contribution in [-0.2, 0) is 0 Å². The first-order valence-corrected chi connectivity index (χ1v) is 3.83. The van der Waals surface area contributed by atoms with Gasteiger partial charge >= 0.3 is 0 Å². The Morgan fingerprint density at radius 2 is 2.38 bits per heavy atom. The van der Waals surface area contributed by atoms with Gasteiger partial charge in [-0.3, -0.25) is 0 Å². The second kappa shape index (κ2) is 4.30. The highest BCUT2D eigenvalue weighted by Gasteiger charge is 1.94. The van der Waals surface area contributed by atoms with E-state index in [1.54, 1.807) is 6.92 Å². The van der Waals surface area contributed by atoms with Crippen molar-refractivity contribution >= 4 is 28.2 Å². The molecule has 0 aromatic heterocycles. The van der Waals surface area contributed by atoms with Gasteiger partial charge in [-0.2, -0.15) is 0 Å². The molecule has 8 heavy (non-hydrogen) atoms. The zero-order valence-corrected chi connectivity index (χ0v) is 6.68. The van der Waals surface area contributed by atoms with Crippen molar-refractivity contribution in [2.75, 3.05) is 5.75 Å². The van der Waals surface area contributed by atoms with Gasteiger partial charge in [-0.15, -0.1) is 11.8 Å². The quantitative estimate of drug-likeness (QED) is 0.602. The summed E-state index contributed by atoms with van der Waals surface area (Å²) in [4.78, 5) is 0. The van der Waals surface area contributed by atoms with Crippen LogP contribution in [0.4, 0.5) is 0 Å². The van der Waals surface area contributed by atoms with Gasteiger partial charge in [-0.25, -0.2) is 0 Å². The molecule has 0 saturated carbocycles. The number of rotatable bonds is 2. The largest absolute Gasteiger partial charge is 0.393 e. The first-order valence-electron chi connectivity index (χ1n) is 2.44. The lowest BCUT2D eigenvalue weighted by molar-refractivity contribution is 0.220. The highest BCUT2D eigenvalue weighted by atomic mass is 32.2. The molecule has 0 rings (SSSR count). The van der Waals surface area contributed by atoms with E-state index in [-0.39, 0.29) is 6.10 Å². The molecule has 0 fully saturated rings. The van der Waals surface area contributed by atoms with Gasteiger partial charge in [0.1, 0.15) is 0 Å². The Kier molecular flexibility index (Phi) is 4.51. The highest BCUT2D eigenvalue weighted by Crippen LogP contribution is 2.04. The Balaban J connectivity index is 3.05. The molecule has 0 heterocycles. The molecule has 0 bridgehead atoms. The topological polar surface area (TPSA) is 20.2 Å². The summed E-state index contributed by atoms with van der Waals surface area (Å²) in [6.07, 6.45) is -0.238. The number of thiocarbonyl (C=S) groups is 1. The first-order chi connectivity index (χ1) is 3.63. The summed E-state index contributed by atoms with van der Waals surface area (Å²) in [5.74, 6) is 0.718. The predicted octanol–water partition coefficient (Wildman–Crippen LogP) is 1.45. The van der Waals surface area contributed by atoms with Crippen LogP contribution >= 0.6 is 24.0 Å². The van der Waals surface area contributed by atoms with E-state index in [1.807, 2.05) is 6.92 Å². The van der Waals surface area contributed by atoms with E-state index >= 15 is 0 Å². The van der Waals surface area contributed by atoms with Gasteiger partial charge in [0.2, 0.25) is 0 Å². The van der Waals surface area contributed by atoms with E-state index in [4.69, 9.17) is 17.3 Å². The van der Waals surface area contributed by atoms with Gasteiger partial charge in [0.25, 0.3) is 0 Å². The molecule has 0 amide bonds. The fourth-order valence-electron chi connectivity index (χ4n) is 0.238. The molecular weight excluding hydrogens is 140 g/mol. The van der Waals surface area contributed by atoms with Crippen LogP contribution in [0, 0.1) is 0 Å². The van der Waals surface area contributed by atoms with Crippen LogP contribution in [0.2, 0.25) is 0 Å². The average molecular weight is 150 g/mol. The molecule has 1 N–H and O–H groups in total. The molecule has 0 aromatic rings. The number of hydrogen-bond donors (Lipinski definition) is 1. The first kappa shape index (κ1) is 8.40. The lowest BCUT2D eigenvalue weighted by Gasteiger charge is -1.99. The molecule has 0 spiro atoms. The van der Waals surface area contributed by atoms with E-state index in [9.17, 15) is 0 Å². The van der Waals surface area contributed by atoms with Gasteiger partial charge in [-0.1, -0.05) is 12.2 Å². The second-order valence-corrected chi connectivity index (χ2v) is 3.76. The van der Waals surface area contributed by atoms with Crippen LogP contribution in [0.15, 0.2) is 0 Å². The Labute approximate surface area is 59.5 Å². The van der Waals surface area contributed by atoms with Gasteiger partial charge in [0.05, 0.1) is 6.10 Å². The van der Waals surface area contributed by atoms with Crippen molar-refractivity contribution in [2.24, 2.45) is 0 Å².